The summed E-state index contributed by atoms with van der Waals surface area (Å²) in [6, 6.07) is 14.3. The minimum Gasteiger partial charge on any atom is -0.493 e. The number of H-pyrrole nitrogens is 1. The molecule has 5 rings (SSSR count). The van der Waals surface area contributed by atoms with Crippen molar-refractivity contribution in [2.45, 2.75) is 13.0 Å². The predicted molar refractivity (Wildman–Crippen MR) is 102 cm³/mol. The second-order valence-corrected chi connectivity index (χ2v) is 7.38. The summed E-state index contributed by atoms with van der Waals surface area (Å²) in [4.78, 5) is 16.3. The fourth-order valence-corrected chi connectivity index (χ4v) is 4.12. The molecule has 0 radical (unpaired) electrons. The molecule has 0 atom stereocenters. The topological polar surface area (TPSA) is 62.7 Å². The van der Waals surface area contributed by atoms with Crippen LogP contribution in [0.3, 0.4) is 0 Å². The Morgan fingerprint density at radius 3 is 2.93 bits per heavy atom. The van der Waals surface area contributed by atoms with Crippen LogP contribution in [0.4, 0.5) is 0 Å². The summed E-state index contributed by atoms with van der Waals surface area (Å²) in [6.45, 7) is 5.26. The first-order valence-corrected chi connectivity index (χ1v) is 9.58. The van der Waals surface area contributed by atoms with Crippen LogP contribution in [0.15, 0.2) is 42.5 Å². The number of piperazine rings is 1. The van der Waals surface area contributed by atoms with Crippen LogP contribution < -0.4 is 9.64 Å². The first kappa shape index (κ1) is 16.3. The summed E-state index contributed by atoms with van der Waals surface area (Å²) in [7, 11) is 0. The van der Waals surface area contributed by atoms with Crippen molar-refractivity contribution in [1.29, 1.82) is 0 Å². The maximum atomic E-state index is 12.9. The smallest absolute Gasteiger partial charge is 0.275 e. The lowest BCUT2D eigenvalue weighted by atomic mass is 10.1. The summed E-state index contributed by atoms with van der Waals surface area (Å²) in [5.41, 5.74) is 4.12. The van der Waals surface area contributed by atoms with E-state index >= 15 is 0 Å². The number of benzene rings is 2. The zero-order valence-corrected chi connectivity index (χ0v) is 15.2. The van der Waals surface area contributed by atoms with Crippen molar-refractivity contribution in [2.75, 3.05) is 32.8 Å². The highest BCUT2D eigenvalue weighted by Crippen LogP contribution is 2.25. The second-order valence-electron chi connectivity index (χ2n) is 7.38. The molecule has 27 heavy (non-hydrogen) atoms. The van der Waals surface area contributed by atoms with Crippen molar-refractivity contribution < 1.29 is 14.4 Å². The number of amides is 1. The van der Waals surface area contributed by atoms with E-state index in [1.807, 2.05) is 29.2 Å². The van der Waals surface area contributed by atoms with Gasteiger partial charge in [0.2, 0.25) is 0 Å². The fraction of sp³-hybridized carbons (Fsp3) is 0.333. The van der Waals surface area contributed by atoms with E-state index in [0.29, 0.717) is 5.69 Å². The highest BCUT2D eigenvalue weighted by atomic mass is 16.5. The van der Waals surface area contributed by atoms with Crippen molar-refractivity contribution in [1.82, 2.24) is 15.1 Å². The molecular weight excluding hydrogens is 340 g/mol. The number of hydrogen-bond donors (Lipinski definition) is 2. The van der Waals surface area contributed by atoms with E-state index in [4.69, 9.17) is 4.74 Å². The largest absolute Gasteiger partial charge is 0.493 e. The SMILES string of the molecule is O=C(c1n[nH]c2ccccc12)N1CC[NH+](Cc2ccc3c(c2)CCO3)CC1. The lowest BCUT2D eigenvalue weighted by Gasteiger charge is -2.32. The van der Waals surface area contributed by atoms with Crippen molar-refractivity contribution in [3.05, 3.63) is 59.3 Å². The molecule has 1 fully saturated rings. The predicted octanol–water partition coefficient (Wildman–Crippen LogP) is 1.04. The van der Waals surface area contributed by atoms with Gasteiger partial charge in [0.05, 0.1) is 38.3 Å². The van der Waals surface area contributed by atoms with Gasteiger partial charge in [0, 0.05) is 17.4 Å². The molecule has 1 amide bonds. The number of nitrogens with one attached hydrogen (secondary N) is 2. The number of fused-ring (bicyclic) bond motifs is 2. The van der Waals surface area contributed by atoms with E-state index in [0.717, 1.165) is 62.4 Å². The molecule has 2 aromatic carbocycles. The third-order valence-electron chi connectivity index (χ3n) is 5.64. The van der Waals surface area contributed by atoms with Crippen molar-refractivity contribution in [3.8, 4) is 5.75 Å². The summed E-state index contributed by atoms with van der Waals surface area (Å²) in [5, 5.41) is 8.11. The molecule has 138 valence electrons. The molecule has 2 N–H and O–H groups in total. The number of nitrogens with zero attached hydrogens (tertiary/aromatic N) is 2. The minimum absolute atomic E-state index is 0.0289. The Balaban J connectivity index is 1.23. The molecule has 3 heterocycles. The Morgan fingerprint density at radius 2 is 2.04 bits per heavy atom. The molecule has 6 nitrogen and oxygen atoms in total. The molecular formula is C21H23N4O2+. The van der Waals surface area contributed by atoms with Gasteiger partial charge >= 0.3 is 0 Å². The molecule has 0 unspecified atom stereocenters. The average Bonchev–Trinajstić information content (AvgIpc) is 3.34. The maximum absolute atomic E-state index is 12.9. The van der Waals surface area contributed by atoms with Gasteiger partial charge in [-0.1, -0.05) is 18.2 Å². The van der Waals surface area contributed by atoms with Crippen LogP contribution in [0.2, 0.25) is 0 Å². The maximum Gasteiger partial charge on any atom is 0.275 e. The molecule has 6 heteroatoms. The van der Waals surface area contributed by atoms with Gasteiger partial charge in [0.1, 0.15) is 12.3 Å². The van der Waals surface area contributed by atoms with Crippen LogP contribution in [-0.4, -0.2) is 53.8 Å². The van der Waals surface area contributed by atoms with Gasteiger partial charge in [0.15, 0.2) is 5.69 Å². The van der Waals surface area contributed by atoms with E-state index in [1.54, 1.807) is 0 Å². The number of aromatic nitrogens is 2. The van der Waals surface area contributed by atoms with Gasteiger partial charge in [-0.3, -0.25) is 9.89 Å². The zero-order chi connectivity index (χ0) is 18.2. The summed E-state index contributed by atoms with van der Waals surface area (Å²) < 4.78 is 5.59. The molecule has 0 aliphatic carbocycles. The molecule has 3 aromatic rings. The molecule has 0 bridgehead atoms. The normalized spacial score (nSPS) is 17.1. The van der Waals surface area contributed by atoms with Gasteiger partial charge in [-0.25, -0.2) is 0 Å². The molecule has 2 aliphatic rings. The summed E-state index contributed by atoms with van der Waals surface area (Å²) in [6.07, 6.45) is 1.01. The number of para-hydroxylation sites is 1. The van der Waals surface area contributed by atoms with Crippen LogP contribution in [0.5, 0.6) is 5.75 Å². The Bertz CT molecular complexity index is 989. The third-order valence-corrected chi connectivity index (χ3v) is 5.64. The van der Waals surface area contributed by atoms with Crippen molar-refractivity contribution in [2.24, 2.45) is 0 Å². The van der Waals surface area contributed by atoms with Gasteiger partial charge in [-0.15, -0.1) is 0 Å². The average molecular weight is 363 g/mol. The minimum atomic E-state index is 0.0289. The van der Waals surface area contributed by atoms with Gasteiger partial charge < -0.3 is 14.5 Å². The monoisotopic (exact) mass is 363 g/mol. The highest BCUT2D eigenvalue weighted by molar-refractivity contribution is 6.04. The molecule has 0 saturated carbocycles. The number of quaternary nitrogens is 1. The van der Waals surface area contributed by atoms with Crippen LogP contribution >= 0.6 is 0 Å². The molecule has 1 saturated heterocycles. The van der Waals surface area contributed by atoms with Crippen molar-refractivity contribution in [3.63, 3.8) is 0 Å². The third kappa shape index (κ3) is 3.06. The lowest BCUT2D eigenvalue weighted by Crippen LogP contribution is -3.13. The van der Waals surface area contributed by atoms with Gasteiger partial charge in [-0.05, 0) is 29.8 Å². The quantitative estimate of drug-likeness (QED) is 0.731. The van der Waals surface area contributed by atoms with Crippen LogP contribution in [0.1, 0.15) is 21.6 Å². The number of hydrogen-bond acceptors (Lipinski definition) is 3. The number of carbonyl (C=O) groups excluding carboxylic acids is 1. The lowest BCUT2D eigenvalue weighted by molar-refractivity contribution is -0.917. The second kappa shape index (κ2) is 6.70. The Hall–Kier alpha value is -2.86. The zero-order valence-electron chi connectivity index (χ0n) is 15.2. The highest BCUT2D eigenvalue weighted by Gasteiger charge is 2.27. The van der Waals surface area contributed by atoms with Crippen molar-refractivity contribution >= 4 is 16.8 Å². The number of carbonyl (C=O) groups is 1. The number of aromatic amines is 1. The van der Waals surface area contributed by atoms with E-state index in [1.165, 1.54) is 16.0 Å². The van der Waals surface area contributed by atoms with Crippen LogP contribution in [0.25, 0.3) is 10.9 Å². The fourth-order valence-electron chi connectivity index (χ4n) is 4.12. The summed E-state index contributed by atoms with van der Waals surface area (Å²) >= 11 is 0. The van der Waals surface area contributed by atoms with E-state index < -0.39 is 0 Å². The number of rotatable bonds is 3. The first-order chi connectivity index (χ1) is 13.3. The molecule has 1 aromatic heterocycles. The van der Waals surface area contributed by atoms with Crippen LogP contribution in [0, 0.1) is 0 Å². The molecule has 0 spiro atoms. The Kier molecular flexibility index (Phi) is 4.05. The van der Waals surface area contributed by atoms with E-state index in [9.17, 15) is 4.79 Å². The van der Waals surface area contributed by atoms with Gasteiger partial charge in [0.25, 0.3) is 5.91 Å². The summed E-state index contributed by atoms with van der Waals surface area (Å²) in [5.74, 6) is 1.07. The first-order valence-electron chi connectivity index (χ1n) is 9.58. The van der Waals surface area contributed by atoms with Gasteiger partial charge in [-0.2, -0.15) is 5.10 Å². The Morgan fingerprint density at radius 1 is 1.19 bits per heavy atom. The molecule has 2 aliphatic heterocycles. The number of ether oxygens (including phenoxy) is 1. The Labute approximate surface area is 157 Å². The standard InChI is InChI=1S/C21H22N4O2/c26-21(20-17-3-1-2-4-18(17)22-23-20)25-10-8-24(9-11-25)14-15-5-6-19-16(13-15)7-12-27-19/h1-6,13H,7-12,14H2,(H,22,23)/p+1. The van der Waals surface area contributed by atoms with E-state index in [-0.39, 0.29) is 5.91 Å². The van der Waals surface area contributed by atoms with E-state index in [2.05, 4.69) is 28.4 Å². The van der Waals surface area contributed by atoms with Crippen LogP contribution in [-0.2, 0) is 13.0 Å².